The summed E-state index contributed by atoms with van der Waals surface area (Å²) in [4.78, 5) is 0. The molecule has 0 amide bonds. The van der Waals surface area contributed by atoms with Crippen LogP contribution in [-0.2, 0) is 10.2 Å². The number of aliphatic hydroxyl groups is 1. The van der Waals surface area contributed by atoms with Gasteiger partial charge in [-0.15, -0.1) is 0 Å². The molecule has 0 aromatic carbocycles. The molecule has 0 spiro atoms. The van der Waals surface area contributed by atoms with Gasteiger partial charge in [-0.1, -0.05) is 0 Å². The molecule has 14 heavy (non-hydrogen) atoms. The lowest BCUT2D eigenvalue weighted by Crippen LogP contribution is -2.51. The van der Waals surface area contributed by atoms with E-state index in [9.17, 15) is 13.5 Å². The highest BCUT2D eigenvalue weighted by molar-refractivity contribution is 7.87. The molecular formula is C8H16N2O3S. The van der Waals surface area contributed by atoms with Gasteiger partial charge in [0, 0.05) is 19.1 Å². The molecule has 82 valence electrons. The van der Waals surface area contributed by atoms with E-state index in [-0.39, 0.29) is 18.2 Å². The van der Waals surface area contributed by atoms with E-state index in [4.69, 9.17) is 0 Å². The molecule has 2 rings (SSSR count). The minimum absolute atomic E-state index is 0.00111. The van der Waals surface area contributed by atoms with Crippen LogP contribution in [0, 0.1) is 0 Å². The Bertz CT molecular complexity index is 303. The normalized spacial score (nSPS) is 38.9. The van der Waals surface area contributed by atoms with Crippen molar-refractivity contribution >= 4 is 10.2 Å². The van der Waals surface area contributed by atoms with E-state index >= 15 is 0 Å². The molecule has 0 saturated carbocycles. The Hall–Kier alpha value is -0.170. The van der Waals surface area contributed by atoms with Gasteiger partial charge in [0.1, 0.15) is 0 Å². The number of nitrogens with one attached hydrogen (secondary N) is 1. The van der Waals surface area contributed by atoms with Crippen molar-refractivity contribution in [1.82, 2.24) is 9.03 Å². The van der Waals surface area contributed by atoms with Gasteiger partial charge in [0.05, 0.1) is 6.10 Å². The summed E-state index contributed by atoms with van der Waals surface area (Å²) in [6.07, 6.45) is 2.59. The van der Waals surface area contributed by atoms with Crippen LogP contribution in [0.1, 0.15) is 25.7 Å². The quantitative estimate of drug-likeness (QED) is 0.655. The van der Waals surface area contributed by atoms with E-state index in [0.717, 1.165) is 12.8 Å². The molecule has 2 N–H and O–H groups in total. The molecule has 2 aliphatic rings. The number of rotatable bonds is 2. The number of nitrogens with zero attached hydrogens (tertiary/aromatic N) is 1. The standard InChI is InChI=1S/C8H16N2O3S/c1-9-14(12,13)10-6-2-3-7(10)5-8(11)4-6/h6-9,11H,2-5H2,1H3. The van der Waals surface area contributed by atoms with Crippen LogP contribution in [0.2, 0.25) is 0 Å². The molecule has 0 aromatic heterocycles. The van der Waals surface area contributed by atoms with Crippen LogP contribution in [-0.4, -0.2) is 43.1 Å². The van der Waals surface area contributed by atoms with Crippen molar-refractivity contribution in [2.75, 3.05) is 7.05 Å². The van der Waals surface area contributed by atoms with Crippen molar-refractivity contribution in [3.8, 4) is 0 Å². The van der Waals surface area contributed by atoms with Crippen LogP contribution in [0.15, 0.2) is 0 Å². The number of hydrogen-bond acceptors (Lipinski definition) is 3. The summed E-state index contributed by atoms with van der Waals surface area (Å²) in [6, 6.07) is 0.00222. The van der Waals surface area contributed by atoms with Crippen LogP contribution in [0.5, 0.6) is 0 Å². The summed E-state index contributed by atoms with van der Waals surface area (Å²) in [5, 5.41) is 9.50. The minimum atomic E-state index is -3.31. The molecule has 0 aromatic rings. The first-order valence-electron chi connectivity index (χ1n) is 4.94. The molecule has 6 heteroatoms. The third kappa shape index (κ3) is 1.56. The fraction of sp³-hybridized carbons (Fsp3) is 1.00. The van der Waals surface area contributed by atoms with Crippen LogP contribution >= 0.6 is 0 Å². The van der Waals surface area contributed by atoms with E-state index in [1.54, 1.807) is 4.31 Å². The van der Waals surface area contributed by atoms with Crippen LogP contribution in [0.25, 0.3) is 0 Å². The van der Waals surface area contributed by atoms with Crippen molar-refractivity contribution in [3.05, 3.63) is 0 Å². The maximum atomic E-state index is 11.7. The summed E-state index contributed by atoms with van der Waals surface area (Å²) in [6.45, 7) is 0. The Labute approximate surface area is 84.3 Å². The average Bonchev–Trinajstić information content (AvgIpc) is 2.40. The van der Waals surface area contributed by atoms with E-state index in [1.165, 1.54) is 7.05 Å². The average molecular weight is 220 g/mol. The molecule has 2 bridgehead atoms. The summed E-state index contributed by atoms with van der Waals surface area (Å²) in [5.74, 6) is 0. The number of piperidine rings is 1. The topological polar surface area (TPSA) is 69.6 Å². The van der Waals surface area contributed by atoms with E-state index in [2.05, 4.69) is 4.72 Å². The molecular weight excluding hydrogens is 204 g/mol. The molecule has 0 aliphatic carbocycles. The summed E-state index contributed by atoms with van der Waals surface area (Å²) < 4.78 is 27.2. The van der Waals surface area contributed by atoms with Crippen LogP contribution in [0.4, 0.5) is 0 Å². The van der Waals surface area contributed by atoms with Gasteiger partial charge < -0.3 is 5.11 Å². The molecule has 0 radical (unpaired) electrons. The Balaban J connectivity index is 2.23. The minimum Gasteiger partial charge on any atom is -0.393 e. The smallest absolute Gasteiger partial charge is 0.279 e. The van der Waals surface area contributed by atoms with Crippen molar-refractivity contribution in [2.45, 2.75) is 43.9 Å². The Kier molecular flexibility index (Phi) is 2.55. The molecule has 2 atom stereocenters. The van der Waals surface area contributed by atoms with Gasteiger partial charge in [-0.25, -0.2) is 4.72 Å². The zero-order chi connectivity index (χ0) is 10.3. The Morgan fingerprint density at radius 3 is 2.21 bits per heavy atom. The van der Waals surface area contributed by atoms with Gasteiger partial charge in [0.25, 0.3) is 10.2 Å². The van der Waals surface area contributed by atoms with E-state index < -0.39 is 10.2 Å². The Morgan fingerprint density at radius 2 is 1.79 bits per heavy atom. The highest BCUT2D eigenvalue weighted by Crippen LogP contribution is 2.37. The first-order chi connectivity index (χ1) is 6.54. The summed E-state index contributed by atoms with van der Waals surface area (Å²) in [5.41, 5.74) is 0. The predicted octanol–water partition coefficient (Wildman–Crippen LogP) is -0.562. The lowest BCUT2D eigenvalue weighted by Gasteiger charge is -2.35. The van der Waals surface area contributed by atoms with Crippen LogP contribution in [0.3, 0.4) is 0 Å². The zero-order valence-electron chi connectivity index (χ0n) is 8.18. The molecule has 2 unspecified atom stereocenters. The maximum Gasteiger partial charge on any atom is 0.279 e. The fourth-order valence-electron chi connectivity index (χ4n) is 2.60. The lowest BCUT2D eigenvalue weighted by atomic mass is 10.0. The SMILES string of the molecule is CNS(=O)(=O)N1C2CCC1CC(O)C2. The van der Waals surface area contributed by atoms with Crippen molar-refractivity contribution < 1.29 is 13.5 Å². The number of aliphatic hydroxyl groups excluding tert-OH is 1. The van der Waals surface area contributed by atoms with Gasteiger partial charge in [-0.3, -0.25) is 0 Å². The van der Waals surface area contributed by atoms with Crippen molar-refractivity contribution in [1.29, 1.82) is 0 Å². The molecule has 5 nitrogen and oxygen atoms in total. The molecule has 2 saturated heterocycles. The van der Waals surface area contributed by atoms with Gasteiger partial charge in [-0.05, 0) is 25.7 Å². The predicted molar refractivity (Wildman–Crippen MR) is 51.9 cm³/mol. The second kappa shape index (κ2) is 3.44. The van der Waals surface area contributed by atoms with Gasteiger partial charge in [-0.2, -0.15) is 12.7 Å². The second-order valence-corrected chi connectivity index (χ2v) is 5.83. The van der Waals surface area contributed by atoms with Crippen LogP contribution < -0.4 is 4.72 Å². The Morgan fingerprint density at radius 1 is 1.29 bits per heavy atom. The van der Waals surface area contributed by atoms with E-state index in [1.807, 2.05) is 0 Å². The fourth-order valence-corrected chi connectivity index (χ4v) is 3.98. The summed E-state index contributed by atoms with van der Waals surface area (Å²) >= 11 is 0. The highest BCUT2D eigenvalue weighted by atomic mass is 32.2. The third-order valence-electron chi connectivity index (χ3n) is 3.18. The van der Waals surface area contributed by atoms with Gasteiger partial charge in [0.2, 0.25) is 0 Å². The second-order valence-electron chi connectivity index (χ2n) is 4.05. The zero-order valence-corrected chi connectivity index (χ0v) is 9.00. The third-order valence-corrected chi connectivity index (χ3v) is 4.84. The van der Waals surface area contributed by atoms with E-state index in [0.29, 0.717) is 12.8 Å². The number of hydrogen-bond donors (Lipinski definition) is 2. The molecule has 2 aliphatic heterocycles. The monoisotopic (exact) mass is 220 g/mol. The first-order valence-corrected chi connectivity index (χ1v) is 6.38. The first kappa shape index (κ1) is 10.4. The molecule has 2 heterocycles. The van der Waals surface area contributed by atoms with Crippen molar-refractivity contribution in [2.24, 2.45) is 0 Å². The van der Waals surface area contributed by atoms with Crippen molar-refractivity contribution in [3.63, 3.8) is 0 Å². The lowest BCUT2D eigenvalue weighted by molar-refractivity contribution is 0.0764. The number of fused-ring (bicyclic) bond motifs is 2. The van der Waals surface area contributed by atoms with Gasteiger partial charge >= 0.3 is 0 Å². The highest BCUT2D eigenvalue weighted by Gasteiger charge is 2.45. The maximum absolute atomic E-state index is 11.7. The summed E-state index contributed by atoms with van der Waals surface area (Å²) in [7, 11) is -1.88. The molecule has 2 fully saturated rings. The van der Waals surface area contributed by atoms with Gasteiger partial charge in [0.15, 0.2) is 0 Å². The largest absolute Gasteiger partial charge is 0.393 e.